The van der Waals surface area contributed by atoms with Crippen molar-refractivity contribution in [2.45, 2.75) is 90.7 Å². The van der Waals surface area contributed by atoms with Gasteiger partial charge in [0.25, 0.3) is 0 Å². The molecule has 0 heterocycles. The predicted molar refractivity (Wildman–Crippen MR) is 76.4 cm³/mol. The topological polar surface area (TPSA) is 32.3 Å². The molecule has 0 aromatic rings. The van der Waals surface area contributed by atoms with Gasteiger partial charge >= 0.3 is 0 Å². The van der Waals surface area contributed by atoms with Gasteiger partial charge in [-0.25, -0.2) is 0 Å². The number of nitrogens with one attached hydrogen (secondary N) is 1. The molecule has 2 N–H and O–H groups in total. The number of hydrogen-bond acceptors (Lipinski definition) is 2. The molecular formula is C15H33NO. The van der Waals surface area contributed by atoms with Crippen molar-refractivity contribution in [2.75, 3.05) is 6.54 Å². The maximum absolute atomic E-state index is 10.2. The van der Waals surface area contributed by atoms with Crippen molar-refractivity contribution in [2.24, 2.45) is 0 Å². The SMILES string of the molecule is CCCCCCCCC(C)(O)CCNC(C)C. The highest BCUT2D eigenvalue weighted by molar-refractivity contribution is 4.74. The molecule has 17 heavy (non-hydrogen) atoms. The Morgan fingerprint density at radius 1 is 1.00 bits per heavy atom. The van der Waals surface area contributed by atoms with Crippen LogP contribution in [-0.4, -0.2) is 23.3 Å². The second kappa shape index (κ2) is 9.90. The highest BCUT2D eigenvalue weighted by Crippen LogP contribution is 2.18. The molecule has 0 aromatic heterocycles. The van der Waals surface area contributed by atoms with Crippen LogP contribution in [0.3, 0.4) is 0 Å². The lowest BCUT2D eigenvalue weighted by molar-refractivity contribution is 0.0391. The first-order chi connectivity index (χ1) is 7.98. The summed E-state index contributed by atoms with van der Waals surface area (Å²) in [6.45, 7) is 9.42. The first-order valence-electron chi connectivity index (χ1n) is 7.43. The Kier molecular flexibility index (Phi) is 9.85. The number of unbranched alkanes of at least 4 members (excludes halogenated alkanes) is 5. The molecular weight excluding hydrogens is 210 g/mol. The van der Waals surface area contributed by atoms with Crippen LogP contribution in [0.15, 0.2) is 0 Å². The summed E-state index contributed by atoms with van der Waals surface area (Å²) in [7, 11) is 0. The van der Waals surface area contributed by atoms with Gasteiger partial charge in [-0.3, -0.25) is 0 Å². The van der Waals surface area contributed by atoms with Crippen molar-refractivity contribution in [1.82, 2.24) is 5.32 Å². The molecule has 0 spiro atoms. The molecule has 0 fully saturated rings. The molecule has 2 nitrogen and oxygen atoms in total. The van der Waals surface area contributed by atoms with E-state index in [2.05, 4.69) is 26.1 Å². The van der Waals surface area contributed by atoms with E-state index in [1.165, 1.54) is 38.5 Å². The first-order valence-corrected chi connectivity index (χ1v) is 7.43. The maximum Gasteiger partial charge on any atom is 0.0631 e. The minimum absolute atomic E-state index is 0.480. The lowest BCUT2D eigenvalue weighted by Crippen LogP contribution is -2.32. The largest absolute Gasteiger partial charge is 0.390 e. The molecule has 104 valence electrons. The first kappa shape index (κ1) is 16.9. The van der Waals surface area contributed by atoms with Crippen LogP contribution >= 0.6 is 0 Å². The van der Waals surface area contributed by atoms with Gasteiger partial charge in [0.05, 0.1) is 5.60 Å². The zero-order chi connectivity index (χ0) is 13.1. The molecule has 0 bridgehead atoms. The minimum Gasteiger partial charge on any atom is -0.390 e. The van der Waals surface area contributed by atoms with E-state index in [9.17, 15) is 5.11 Å². The number of rotatable bonds is 11. The summed E-state index contributed by atoms with van der Waals surface area (Å²) < 4.78 is 0. The van der Waals surface area contributed by atoms with E-state index in [1.807, 2.05) is 6.92 Å². The highest BCUT2D eigenvalue weighted by Gasteiger charge is 2.18. The van der Waals surface area contributed by atoms with Crippen molar-refractivity contribution >= 4 is 0 Å². The highest BCUT2D eigenvalue weighted by atomic mass is 16.3. The monoisotopic (exact) mass is 243 g/mol. The lowest BCUT2D eigenvalue weighted by atomic mass is 9.94. The summed E-state index contributed by atoms with van der Waals surface area (Å²) in [5.41, 5.74) is -0.480. The summed E-state index contributed by atoms with van der Waals surface area (Å²) in [6.07, 6.45) is 9.58. The molecule has 0 aliphatic rings. The Labute approximate surface area is 108 Å². The average Bonchev–Trinajstić information content (AvgIpc) is 2.22. The van der Waals surface area contributed by atoms with E-state index in [1.54, 1.807) is 0 Å². The van der Waals surface area contributed by atoms with Gasteiger partial charge in [-0.2, -0.15) is 0 Å². The smallest absolute Gasteiger partial charge is 0.0631 e. The Morgan fingerprint density at radius 3 is 2.18 bits per heavy atom. The van der Waals surface area contributed by atoms with Crippen LogP contribution in [0.5, 0.6) is 0 Å². The Hall–Kier alpha value is -0.0800. The summed E-state index contributed by atoms with van der Waals surface area (Å²) in [6, 6.07) is 0.514. The number of hydrogen-bond donors (Lipinski definition) is 2. The Morgan fingerprint density at radius 2 is 1.59 bits per heavy atom. The average molecular weight is 243 g/mol. The van der Waals surface area contributed by atoms with Gasteiger partial charge < -0.3 is 10.4 Å². The molecule has 1 atom stereocenters. The van der Waals surface area contributed by atoms with Crippen molar-refractivity contribution in [3.8, 4) is 0 Å². The van der Waals surface area contributed by atoms with Crippen LogP contribution in [0.4, 0.5) is 0 Å². The second-order valence-electron chi connectivity index (χ2n) is 5.87. The molecule has 2 heteroatoms. The van der Waals surface area contributed by atoms with Crippen LogP contribution in [0.25, 0.3) is 0 Å². The van der Waals surface area contributed by atoms with Gasteiger partial charge in [0.15, 0.2) is 0 Å². The van der Waals surface area contributed by atoms with Crippen LogP contribution in [0.1, 0.15) is 79.1 Å². The predicted octanol–water partition coefficient (Wildman–Crippen LogP) is 3.88. The summed E-state index contributed by atoms with van der Waals surface area (Å²) in [4.78, 5) is 0. The summed E-state index contributed by atoms with van der Waals surface area (Å²) >= 11 is 0. The van der Waals surface area contributed by atoms with Gasteiger partial charge in [-0.05, 0) is 26.3 Å². The lowest BCUT2D eigenvalue weighted by Gasteiger charge is -2.24. The summed E-state index contributed by atoms with van der Waals surface area (Å²) in [5.74, 6) is 0. The van der Waals surface area contributed by atoms with E-state index in [4.69, 9.17) is 0 Å². The van der Waals surface area contributed by atoms with E-state index >= 15 is 0 Å². The third-order valence-electron chi connectivity index (χ3n) is 3.29. The van der Waals surface area contributed by atoms with E-state index in [0.717, 1.165) is 19.4 Å². The fraction of sp³-hybridized carbons (Fsp3) is 1.00. The van der Waals surface area contributed by atoms with Gasteiger partial charge in [-0.1, -0.05) is 59.3 Å². The van der Waals surface area contributed by atoms with Crippen LogP contribution in [0.2, 0.25) is 0 Å². The molecule has 0 aliphatic carbocycles. The van der Waals surface area contributed by atoms with E-state index < -0.39 is 5.60 Å². The van der Waals surface area contributed by atoms with Gasteiger partial charge in [0.2, 0.25) is 0 Å². The zero-order valence-electron chi connectivity index (χ0n) is 12.4. The molecule has 0 aromatic carbocycles. The maximum atomic E-state index is 10.2. The fourth-order valence-corrected chi connectivity index (χ4v) is 2.04. The van der Waals surface area contributed by atoms with Crippen molar-refractivity contribution in [1.29, 1.82) is 0 Å². The zero-order valence-corrected chi connectivity index (χ0v) is 12.4. The van der Waals surface area contributed by atoms with Crippen molar-refractivity contribution < 1.29 is 5.11 Å². The van der Waals surface area contributed by atoms with Crippen LogP contribution < -0.4 is 5.32 Å². The minimum atomic E-state index is -0.480. The summed E-state index contributed by atoms with van der Waals surface area (Å²) in [5, 5.41) is 13.5. The number of aliphatic hydroxyl groups is 1. The van der Waals surface area contributed by atoms with Gasteiger partial charge in [-0.15, -0.1) is 0 Å². The molecule has 0 aliphatic heterocycles. The third kappa shape index (κ3) is 12.2. The van der Waals surface area contributed by atoms with Crippen LogP contribution in [0, 0.1) is 0 Å². The Bertz CT molecular complexity index is 166. The Balaban J connectivity index is 3.43. The van der Waals surface area contributed by atoms with Crippen molar-refractivity contribution in [3.05, 3.63) is 0 Å². The van der Waals surface area contributed by atoms with E-state index in [0.29, 0.717) is 6.04 Å². The third-order valence-corrected chi connectivity index (χ3v) is 3.29. The van der Waals surface area contributed by atoms with Crippen LogP contribution in [-0.2, 0) is 0 Å². The standard InChI is InChI=1S/C15H33NO/c1-5-6-7-8-9-10-11-15(4,17)12-13-16-14(2)3/h14,16-17H,5-13H2,1-4H3. The molecule has 0 saturated carbocycles. The normalized spacial score (nSPS) is 15.2. The molecule has 0 rings (SSSR count). The quantitative estimate of drug-likeness (QED) is 0.540. The fourth-order valence-electron chi connectivity index (χ4n) is 2.04. The molecule has 1 unspecified atom stereocenters. The molecule has 0 saturated heterocycles. The second-order valence-corrected chi connectivity index (χ2v) is 5.87. The van der Waals surface area contributed by atoms with Gasteiger partial charge in [0, 0.05) is 6.04 Å². The van der Waals surface area contributed by atoms with Crippen molar-refractivity contribution in [3.63, 3.8) is 0 Å². The van der Waals surface area contributed by atoms with E-state index in [-0.39, 0.29) is 0 Å². The van der Waals surface area contributed by atoms with Gasteiger partial charge in [0.1, 0.15) is 0 Å². The molecule has 0 radical (unpaired) electrons. The molecule has 0 amide bonds.